The molecule has 1 saturated heterocycles. The number of hydrogen-bond donors (Lipinski definition) is 1. The number of furan rings is 1. The van der Waals surface area contributed by atoms with E-state index in [2.05, 4.69) is 35.2 Å². The highest BCUT2D eigenvalue weighted by molar-refractivity contribution is 5.58. The van der Waals surface area contributed by atoms with Crippen molar-refractivity contribution in [1.82, 2.24) is 34.4 Å². The second-order valence-electron chi connectivity index (χ2n) is 7.84. The molecule has 0 aliphatic carbocycles. The van der Waals surface area contributed by atoms with Crippen LogP contribution in [0.1, 0.15) is 12.0 Å². The van der Waals surface area contributed by atoms with Crippen molar-refractivity contribution in [1.29, 1.82) is 0 Å². The van der Waals surface area contributed by atoms with E-state index in [9.17, 15) is 0 Å². The van der Waals surface area contributed by atoms with Gasteiger partial charge in [0.15, 0.2) is 11.4 Å². The van der Waals surface area contributed by atoms with Gasteiger partial charge in [-0.05, 0) is 24.6 Å². The third-order valence-electron chi connectivity index (χ3n) is 5.59. The van der Waals surface area contributed by atoms with Crippen LogP contribution >= 0.6 is 0 Å². The van der Waals surface area contributed by atoms with Crippen LogP contribution in [0, 0.1) is 0 Å². The van der Waals surface area contributed by atoms with Crippen LogP contribution in [0.4, 0.5) is 11.9 Å². The second kappa shape index (κ2) is 9.92. The van der Waals surface area contributed by atoms with Crippen molar-refractivity contribution in [3.05, 3.63) is 48.6 Å². The molecule has 4 aromatic heterocycles. The van der Waals surface area contributed by atoms with Crippen molar-refractivity contribution in [2.45, 2.75) is 13.0 Å². The molecule has 1 fully saturated rings. The van der Waals surface area contributed by atoms with E-state index in [1.54, 1.807) is 30.3 Å². The molecule has 0 atom stereocenters. The molecule has 33 heavy (non-hydrogen) atoms. The summed E-state index contributed by atoms with van der Waals surface area (Å²) in [5, 5.41) is 8.01. The average Bonchev–Trinajstić information content (AvgIpc) is 3.55. The van der Waals surface area contributed by atoms with Gasteiger partial charge in [-0.25, -0.2) is 19.9 Å². The highest BCUT2D eigenvalue weighted by atomic mass is 16.5. The van der Waals surface area contributed by atoms with Crippen LogP contribution in [-0.4, -0.2) is 80.9 Å². The second-order valence-corrected chi connectivity index (χ2v) is 7.84. The van der Waals surface area contributed by atoms with Crippen molar-refractivity contribution in [3.8, 4) is 11.6 Å². The number of fused-ring (bicyclic) bond motifs is 1. The smallest absolute Gasteiger partial charge is 0.225 e. The van der Waals surface area contributed by atoms with Crippen LogP contribution in [0.15, 0.2) is 47.5 Å². The van der Waals surface area contributed by atoms with E-state index < -0.39 is 0 Å². The lowest BCUT2D eigenvalue weighted by molar-refractivity contribution is 0.197. The minimum absolute atomic E-state index is 0.542. The van der Waals surface area contributed by atoms with Gasteiger partial charge in [0.1, 0.15) is 0 Å². The van der Waals surface area contributed by atoms with E-state index in [1.807, 2.05) is 24.4 Å². The topological polar surface area (TPSA) is 110 Å². The normalized spacial score (nSPS) is 14.8. The predicted octanol–water partition coefficient (Wildman–Crippen LogP) is 1.94. The number of methoxy groups -OCH3 is 1. The number of aromatic nitrogens is 6. The van der Waals surface area contributed by atoms with E-state index in [0.29, 0.717) is 24.1 Å². The zero-order valence-electron chi connectivity index (χ0n) is 18.6. The summed E-state index contributed by atoms with van der Waals surface area (Å²) < 4.78 is 12.4. The van der Waals surface area contributed by atoms with Gasteiger partial charge in [-0.15, -0.1) is 5.10 Å². The lowest BCUT2D eigenvalue weighted by atomic mass is 10.2. The monoisotopic (exact) mass is 449 g/mol. The first-order valence-corrected chi connectivity index (χ1v) is 11.1. The van der Waals surface area contributed by atoms with Crippen LogP contribution in [0.5, 0.6) is 0 Å². The molecule has 1 aliphatic rings. The summed E-state index contributed by atoms with van der Waals surface area (Å²) >= 11 is 0. The van der Waals surface area contributed by atoms with Crippen LogP contribution in [-0.2, 0) is 11.3 Å². The van der Waals surface area contributed by atoms with E-state index in [1.165, 1.54) is 0 Å². The van der Waals surface area contributed by atoms with Gasteiger partial charge in [0, 0.05) is 77.1 Å². The molecule has 0 aromatic carbocycles. The summed E-state index contributed by atoms with van der Waals surface area (Å²) in [4.78, 5) is 22.8. The van der Waals surface area contributed by atoms with Gasteiger partial charge in [-0.1, -0.05) is 0 Å². The maximum atomic E-state index is 5.52. The van der Waals surface area contributed by atoms with E-state index >= 15 is 0 Å². The van der Waals surface area contributed by atoms with Crippen molar-refractivity contribution in [2.24, 2.45) is 0 Å². The molecule has 4 aromatic rings. The predicted molar refractivity (Wildman–Crippen MR) is 123 cm³/mol. The maximum absolute atomic E-state index is 5.52. The number of nitrogens with zero attached hydrogens (tertiary/aromatic N) is 8. The Morgan fingerprint density at radius 2 is 1.94 bits per heavy atom. The number of piperazine rings is 1. The molecule has 5 rings (SSSR count). The molecule has 1 aliphatic heterocycles. The summed E-state index contributed by atoms with van der Waals surface area (Å²) in [6.07, 6.45) is 7.95. The Morgan fingerprint density at radius 1 is 1.09 bits per heavy atom. The third kappa shape index (κ3) is 4.78. The molecule has 0 saturated carbocycles. The fraction of sp³-hybridized carbons (Fsp3) is 0.409. The fourth-order valence-corrected chi connectivity index (χ4v) is 3.88. The molecule has 172 valence electrons. The number of ether oxygens (including phenoxy) is 1. The lowest BCUT2D eigenvalue weighted by Gasteiger charge is -2.34. The molecule has 5 heterocycles. The Morgan fingerprint density at radius 3 is 2.70 bits per heavy atom. The molecule has 11 nitrogen and oxygen atoms in total. The van der Waals surface area contributed by atoms with Crippen LogP contribution in [0.3, 0.4) is 0 Å². The van der Waals surface area contributed by atoms with Crippen LogP contribution < -0.4 is 10.2 Å². The van der Waals surface area contributed by atoms with Gasteiger partial charge in [0.2, 0.25) is 17.7 Å². The summed E-state index contributed by atoms with van der Waals surface area (Å²) in [5.41, 5.74) is 1.80. The number of hydrogen-bond acceptors (Lipinski definition) is 10. The molecule has 0 radical (unpaired) electrons. The van der Waals surface area contributed by atoms with E-state index in [-0.39, 0.29) is 0 Å². The zero-order valence-corrected chi connectivity index (χ0v) is 18.6. The van der Waals surface area contributed by atoms with E-state index in [0.717, 1.165) is 62.8 Å². The van der Waals surface area contributed by atoms with E-state index in [4.69, 9.17) is 14.1 Å². The Hall–Kier alpha value is -3.57. The quantitative estimate of drug-likeness (QED) is 0.381. The van der Waals surface area contributed by atoms with Crippen molar-refractivity contribution in [3.63, 3.8) is 0 Å². The van der Waals surface area contributed by atoms with Gasteiger partial charge in [0.05, 0.1) is 6.26 Å². The summed E-state index contributed by atoms with van der Waals surface area (Å²) in [6, 6.07) is 5.53. The number of rotatable bonds is 9. The van der Waals surface area contributed by atoms with Crippen molar-refractivity contribution < 1.29 is 9.15 Å². The van der Waals surface area contributed by atoms with Gasteiger partial charge >= 0.3 is 0 Å². The summed E-state index contributed by atoms with van der Waals surface area (Å²) in [7, 11) is 1.70. The summed E-state index contributed by atoms with van der Waals surface area (Å²) in [6.45, 7) is 5.70. The minimum atomic E-state index is 0.542. The standard InChI is InChI=1S/C22H27N9O2/c1-32-13-4-8-25-22-26-15-17(20-27-19(28-31(20)22)18-5-2-14-33-18)16-29-9-11-30(12-10-29)21-23-6-3-7-24-21/h2-3,5-7,14-15H,4,8-13,16H2,1H3,(H,25,26). The zero-order chi connectivity index (χ0) is 22.5. The minimum Gasteiger partial charge on any atom is -0.461 e. The molecular weight excluding hydrogens is 422 g/mol. The van der Waals surface area contributed by atoms with Gasteiger partial charge in [-0.2, -0.15) is 4.52 Å². The highest BCUT2D eigenvalue weighted by Gasteiger charge is 2.22. The first kappa shape index (κ1) is 21.3. The lowest BCUT2D eigenvalue weighted by Crippen LogP contribution is -2.46. The number of nitrogens with one attached hydrogen (secondary N) is 1. The average molecular weight is 450 g/mol. The molecule has 0 spiro atoms. The van der Waals surface area contributed by atoms with Gasteiger partial charge < -0.3 is 19.4 Å². The number of anilines is 2. The fourth-order valence-electron chi connectivity index (χ4n) is 3.88. The Kier molecular flexibility index (Phi) is 6.40. The molecule has 11 heteroatoms. The van der Waals surface area contributed by atoms with Crippen molar-refractivity contribution in [2.75, 3.05) is 56.7 Å². The van der Waals surface area contributed by atoms with Crippen LogP contribution in [0.2, 0.25) is 0 Å². The van der Waals surface area contributed by atoms with Crippen LogP contribution in [0.25, 0.3) is 17.2 Å². The molecule has 1 N–H and O–H groups in total. The Balaban J connectivity index is 1.34. The molecular formula is C22H27N9O2. The SMILES string of the molecule is COCCCNc1ncc(CN2CCN(c3ncccn3)CC2)c2nc(-c3ccco3)nn12. The molecule has 0 amide bonds. The largest absolute Gasteiger partial charge is 0.461 e. The molecule has 0 bridgehead atoms. The molecule has 0 unspecified atom stereocenters. The summed E-state index contributed by atoms with van der Waals surface area (Å²) in [5.74, 6) is 2.61. The van der Waals surface area contributed by atoms with Gasteiger partial charge in [0.25, 0.3) is 0 Å². The first-order chi connectivity index (χ1) is 16.3. The van der Waals surface area contributed by atoms with Gasteiger partial charge in [-0.3, -0.25) is 4.90 Å². The maximum Gasteiger partial charge on any atom is 0.225 e. The Labute approximate surface area is 191 Å². The third-order valence-corrected chi connectivity index (χ3v) is 5.59. The highest BCUT2D eigenvalue weighted by Crippen LogP contribution is 2.22. The Bertz CT molecular complexity index is 1160. The first-order valence-electron chi connectivity index (χ1n) is 11.1. The van der Waals surface area contributed by atoms with Crippen molar-refractivity contribution >= 4 is 17.5 Å².